The van der Waals surface area contributed by atoms with E-state index < -0.39 is 0 Å². The molecule has 0 unspecified atom stereocenters. The van der Waals surface area contributed by atoms with Gasteiger partial charge in [0.1, 0.15) is 12.6 Å². The zero-order chi connectivity index (χ0) is 19.4. The number of carbonyl (C=O) groups excluding carboxylic acids is 2. The summed E-state index contributed by atoms with van der Waals surface area (Å²) in [6.07, 6.45) is 22.9. The number of hydrogen-bond donors (Lipinski definition) is 1. The van der Waals surface area contributed by atoms with Crippen molar-refractivity contribution in [3.63, 3.8) is 0 Å². The molecule has 0 aliphatic carbocycles. The van der Waals surface area contributed by atoms with E-state index in [4.69, 9.17) is 5.11 Å². The van der Waals surface area contributed by atoms with Gasteiger partial charge in [0, 0.05) is 13.0 Å². The first-order valence-corrected chi connectivity index (χ1v) is 10.1. The van der Waals surface area contributed by atoms with Gasteiger partial charge in [-0.1, -0.05) is 83.9 Å². The molecule has 3 nitrogen and oxygen atoms in total. The molecule has 0 saturated carbocycles. The average Bonchev–Trinajstić information content (AvgIpc) is 2.63. The largest absolute Gasteiger partial charge is 0.396 e. The number of aliphatic hydroxyl groups is 1. The quantitative estimate of drug-likeness (QED) is 0.175. The molecule has 0 fully saturated rings. The van der Waals surface area contributed by atoms with Crippen LogP contribution in [0.5, 0.6) is 0 Å². The fourth-order valence-electron chi connectivity index (χ4n) is 1.81. The van der Waals surface area contributed by atoms with E-state index in [2.05, 4.69) is 26.8 Å². The van der Waals surface area contributed by atoms with Crippen LogP contribution in [0.1, 0.15) is 97.8 Å². The van der Waals surface area contributed by atoms with Gasteiger partial charge in [0.25, 0.3) is 0 Å². The first-order valence-electron chi connectivity index (χ1n) is 10.1. The number of hydrogen-bond acceptors (Lipinski definition) is 3. The number of unbranched alkanes of at least 4 members (excludes halogenated alkanes) is 9. The third kappa shape index (κ3) is 45.0. The van der Waals surface area contributed by atoms with Gasteiger partial charge in [0.05, 0.1) is 0 Å². The molecule has 0 radical (unpaired) electrons. The molecule has 25 heavy (non-hydrogen) atoms. The first kappa shape index (κ1) is 28.6. The second kappa shape index (κ2) is 34.2. The molecule has 0 aromatic carbocycles. The highest BCUT2D eigenvalue weighted by Crippen LogP contribution is 1.99. The molecule has 148 valence electrons. The van der Waals surface area contributed by atoms with Crippen molar-refractivity contribution in [2.24, 2.45) is 0 Å². The molecule has 0 saturated heterocycles. The second-order valence-corrected chi connectivity index (χ2v) is 5.89. The molecule has 0 amide bonds. The molecule has 0 aromatic rings. The SMILES string of the molecule is CCCCC/C=C/C=C/C=O.CCCCCC=O.CCCCCCO. The summed E-state index contributed by atoms with van der Waals surface area (Å²) in [5.41, 5.74) is 0. The Bertz CT molecular complexity index is 279. The van der Waals surface area contributed by atoms with Gasteiger partial charge >= 0.3 is 0 Å². The zero-order valence-corrected chi connectivity index (χ0v) is 16.9. The zero-order valence-electron chi connectivity index (χ0n) is 16.9. The standard InChI is InChI=1S/C10H16O.C6H14O.C6H12O/c1-2-3-4-5-6-7-8-9-10-11;2*1-2-3-4-5-6-7/h6-10H,2-5H2,1H3;7H,2-6H2,1H3;6H,2-5H2,1H3/b7-6+,9-8+;;. The van der Waals surface area contributed by atoms with Crippen LogP contribution in [0.25, 0.3) is 0 Å². The summed E-state index contributed by atoms with van der Waals surface area (Å²) in [5, 5.41) is 8.29. The van der Waals surface area contributed by atoms with Crippen LogP contribution in [0.4, 0.5) is 0 Å². The Morgan fingerprint density at radius 3 is 1.68 bits per heavy atom. The molecule has 3 heteroatoms. The van der Waals surface area contributed by atoms with Crippen molar-refractivity contribution in [1.29, 1.82) is 0 Å². The fraction of sp³-hybridized carbons (Fsp3) is 0.727. The lowest BCUT2D eigenvalue weighted by Gasteiger charge is -1.90. The van der Waals surface area contributed by atoms with Gasteiger partial charge in [-0.3, -0.25) is 4.79 Å². The van der Waals surface area contributed by atoms with Gasteiger partial charge in [-0.25, -0.2) is 0 Å². The molecule has 0 aliphatic heterocycles. The smallest absolute Gasteiger partial charge is 0.142 e. The third-order valence-electron chi connectivity index (χ3n) is 3.35. The van der Waals surface area contributed by atoms with E-state index in [1.165, 1.54) is 57.4 Å². The Morgan fingerprint density at radius 1 is 0.640 bits per heavy atom. The van der Waals surface area contributed by atoms with Gasteiger partial charge in [-0.05, 0) is 31.8 Å². The lowest BCUT2D eigenvalue weighted by atomic mass is 10.2. The van der Waals surface area contributed by atoms with Crippen LogP contribution in [0, 0.1) is 0 Å². The highest BCUT2D eigenvalue weighted by atomic mass is 16.2. The number of carbonyl (C=O) groups is 2. The van der Waals surface area contributed by atoms with Crippen LogP contribution < -0.4 is 0 Å². The van der Waals surface area contributed by atoms with E-state index in [1.54, 1.807) is 6.08 Å². The summed E-state index contributed by atoms with van der Waals surface area (Å²) in [4.78, 5) is 19.5. The number of allylic oxidation sites excluding steroid dienone is 4. The van der Waals surface area contributed by atoms with Gasteiger partial charge in [0.2, 0.25) is 0 Å². The van der Waals surface area contributed by atoms with Gasteiger partial charge in [-0.2, -0.15) is 0 Å². The maximum Gasteiger partial charge on any atom is 0.142 e. The highest BCUT2D eigenvalue weighted by Gasteiger charge is 1.81. The number of aldehydes is 2. The second-order valence-electron chi connectivity index (χ2n) is 5.89. The van der Waals surface area contributed by atoms with Crippen LogP contribution in [-0.4, -0.2) is 24.3 Å². The molecule has 0 spiro atoms. The summed E-state index contributed by atoms with van der Waals surface area (Å²) in [6, 6.07) is 0. The molecule has 0 aromatic heterocycles. The minimum atomic E-state index is 0.361. The van der Waals surface area contributed by atoms with E-state index >= 15 is 0 Å². The van der Waals surface area contributed by atoms with Crippen molar-refractivity contribution in [3.8, 4) is 0 Å². The van der Waals surface area contributed by atoms with Crippen LogP contribution in [0.3, 0.4) is 0 Å². The first-order chi connectivity index (χ1) is 12.2. The topological polar surface area (TPSA) is 54.4 Å². The third-order valence-corrected chi connectivity index (χ3v) is 3.35. The van der Waals surface area contributed by atoms with Crippen LogP contribution in [-0.2, 0) is 9.59 Å². The lowest BCUT2D eigenvalue weighted by molar-refractivity contribution is -0.108. The van der Waals surface area contributed by atoms with Crippen molar-refractivity contribution >= 4 is 12.6 Å². The van der Waals surface area contributed by atoms with Crippen molar-refractivity contribution in [2.45, 2.75) is 97.8 Å². The Labute approximate surface area is 156 Å². The van der Waals surface area contributed by atoms with E-state index in [0.29, 0.717) is 6.61 Å². The molecule has 0 aliphatic rings. The predicted molar refractivity (Wildman–Crippen MR) is 110 cm³/mol. The van der Waals surface area contributed by atoms with Crippen molar-refractivity contribution in [2.75, 3.05) is 6.61 Å². The Hall–Kier alpha value is -1.22. The van der Waals surface area contributed by atoms with Gasteiger partial charge in [-0.15, -0.1) is 0 Å². The monoisotopic (exact) mass is 354 g/mol. The summed E-state index contributed by atoms with van der Waals surface area (Å²) in [6.45, 7) is 6.85. The van der Waals surface area contributed by atoms with E-state index in [1.807, 2.05) is 6.08 Å². The Morgan fingerprint density at radius 2 is 1.20 bits per heavy atom. The number of rotatable bonds is 14. The summed E-state index contributed by atoms with van der Waals surface area (Å²) < 4.78 is 0. The van der Waals surface area contributed by atoms with Crippen molar-refractivity contribution < 1.29 is 14.7 Å². The molecule has 0 bridgehead atoms. The average molecular weight is 355 g/mol. The molecular formula is C22H42O3. The number of aliphatic hydroxyl groups excluding tert-OH is 1. The minimum Gasteiger partial charge on any atom is -0.396 e. The maximum absolute atomic E-state index is 9.82. The minimum absolute atomic E-state index is 0.361. The summed E-state index contributed by atoms with van der Waals surface area (Å²) in [5.74, 6) is 0. The van der Waals surface area contributed by atoms with E-state index in [9.17, 15) is 9.59 Å². The molecular weight excluding hydrogens is 312 g/mol. The van der Waals surface area contributed by atoms with Gasteiger partial charge in [0.15, 0.2) is 0 Å². The lowest BCUT2D eigenvalue weighted by Crippen LogP contribution is -1.80. The van der Waals surface area contributed by atoms with Crippen LogP contribution in [0.15, 0.2) is 24.3 Å². The van der Waals surface area contributed by atoms with Crippen LogP contribution >= 0.6 is 0 Å². The van der Waals surface area contributed by atoms with Crippen LogP contribution in [0.2, 0.25) is 0 Å². The highest BCUT2D eigenvalue weighted by molar-refractivity contribution is 5.65. The van der Waals surface area contributed by atoms with Crippen molar-refractivity contribution in [1.82, 2.24) is 0 Å². The molecule has 0 atom stereocenters. The summed E-state index contributed by atoms with van der Waals surface area (Å²) in [7, 11) is 0. The van der Waals surface area contributed by atoms with Crippen molar-refractivity contribution in [3.05, 3.63) is 24.3 Å². The normalized spacial score (nSPS) is 10.1. The predicted octanol–water partition coefficient (Wildman–Crippen LogP) is 6.20. The Balaban J connectivity index is -0.000000304. The fourth-order valence-corrected chi connectivity index (χ4v) is 1.81. The Kier molecular flexibility index (Phi) is 39.1. The molecule has 0 heterocycles. The maximum atomic E-state index is 9.82. The summed E-state index contributed by atoms with van der Waals surface area (Å²) >= 11 is 0. The van der Waals surface area contributed by atoms with E-state index in [0.717, 1.165) is 38.3 Å². The molecule has 0 rings (SSSR count). The van der Waals surface area contributed by atoms with E-state index in [-0.39, 0.29) is 0 Å². The molecule has 1 N–H and O–H groups in total. The van der Waals surface area contributed by atoms with Gasteiger partial charge < -0.3 is 9.90 Å².